The van der Waals surface area contributed by atoms with Gasteiger partial charge in [-0.3, -0.25) is 13.9 Å². The number of halogens is 1. The number of aromatic nitrogens is 2. The highest BCUT2D eigenvalue weighted by atomic mass is 35.5. The van der Waals surface area contributed by atoms with Crippen molar-refractivity contribution in [3.8, 4) is 5.75 Å². The number of benzene rings is 3. The zero-order valence-electron chi connectivity index (χ0n) is 17.9. The van der Waals surface area contributed by atoms with Crippen molar-refractivity contribution < 1.29 is 9.53 Å². The number of fused-ring (bicyclic) bond motifs is 1. The fourth-order valence-corrected chi connectivity index (χ4v) is 4.50. The second-order valence-corrected chi connectivity index (χ2v) is 8.92. The number of methoxy groups -OCH3 is 1. The molecule has 6 nitrogen and oxygen atoms in total. The van der Waals surface area contributed by atoms with Crippen LogP contribution in [0.2, 0.25) is 5.02 Å². The molecule has 4 aromatic rings. The lowest BCUT2D eigenvalue weighted by Gasteiger charge is -2.13. The predicted octanol–water partition coefficient (Wildman–Crippen LogP) is 4.87. The van der Waals surface area contributed by atoms with Crippen LogP contribution >= 0.6 is 23.4 Å². The summed E-state index contributed by atoms with van der Waals surface area (Å²) in [6, 6.07) is 18.7. The minimum atomic E-state index is -0.149. The fraction of sp³-hybridized carbons (Fsp3) is 0.167. The Bertz CT molecular complexity index is 1340. The smallest absolute Gasteiger partial charge is 0.328 e. The zero-order chi connectivity index (χ0) is 22.8. The average Bonchev–Trinajstić information content (AvgIpc) is 2.99. The Morgan fingerprint density at radius 1 is 1.00 bits per heavy atom. The van der Waals surface area contributed by atoms with Gasteiger partial charge in [0.2, 0.25) is 5.91 Å². The molecular formula is C24H22ClN3O3S. The number of aryl methyl sites for hydroxylation is 2. The third-order valence-electron chi connectivity index (χ3n) is 5.21. The predicted molar refractivity (Wildman–Crippen MR) is 129 cm³/mol. The van der Waals surface area contributed by atoms with Crippen LogP contribution in [0.15, 0.2) is 75.2 Å². The number of carbonyl (C=O) groups excluding carboxylic acids is 1. The van der Waals surface area contributed by atoms with Crippen molar-refractivity contribution in [2.24, 2.45) is 14.1 Å². The SMILES string of the molecule is COc1ccc(Sc2cc3c(cc2NC(=O)Cc2ccc(Cl)cc2)n(C)c(=O)n3C)cc1. The number of ether oxygens (including phenoxy) is 1. The second kappa shape index (κ2) is 9.14. The molecule has 0 aliphatic carbocycles. The van der Waals surface area contributed by atoms with Gasteiger partial charge in [0.1, 0.15) is 5.75 Å². The van der Waals surface area contributed by atoms with E-state index in [1.54, 1.807) is 42.5 Å². The summed E-state index contributed by atoms with van der Waals surface area (Å²) < 4.78 is 8.41. The van der Waals surface area contributed by atoms with Crippen molar-refractivity contribution in [1.82, 2.24) is 9.13 Å². The lowest BCUT2D eigenvalue weighted by Crippen LogP contribution is -2.19. The van der Waals surface area contributed by atoms with Gasteiger partial charge in [0, 0.05) is 28.9 Å². The molecule has 0 radical (unpaired) electrons. The van der Waals surface area contributed by atoms with E-state index < -0.39 is 0 Å². The van der Waals surface area contributed by atoms with E-state index in [1.165, 1.54) is 11.8 Å². The summed E-state index contributed by atoms with van der Waals surface area (Å²) in [5, 5.41) is 3.65. The quantitative estimate of drug-likeness (QED) is 0.439. The van der Waals surface area contributed by atoms with Crippen LogP contribution in [0.5, 0.6) is 5.75 Å². The van der Waals surface area contributed by atoms with Gasteiger partial charge in [-0.25, -0.2) is 4.79 Å². The Morgan fingerprint density at radius 3 is 2.25 bits per heavy atom. The lowest BCUT2D eigenvalue weighted by molar-refractivity contribution is -0.115. The number of rotatable bonds is 6. The summed E-state index contributed by atoms with van der Waals surface area (Å²) in [6.07, 6.45) is 0.218. The highest BCUT2D eigenvalue weighted by molar-refractivity contribution is 7.99. The normalized spacial score (nSPS) is 11.0. The molecule has 0 aliphatic rings. The highest BCUT2D eigenvalue weighted by Gasteiger charge is 2.16. The maximum atomic E-state index is 12.8. The van der Waals surface area contributed by atoms with E-state index in [2.05, 4.69) is 5.32 Å². The Hall–Kier alpha value is -3.16. The van der Waals surface area contributed by atoms with Crippen LogP contribution in [-0.4, -0.2) is 22.2 Å². The van der Waals surface area contributed by atoms with Crippen LogP contribution in [0.4, 0.5) is 5.69 Å². The Balaban J connectivity index is 1.69. The Morgan fingerprint density at radius 2 is 1.62 bits per heavy atom. The minimum absolute atomic E-state index is 0.120. The molecule has 1 heterocycles. The first-order valence-electron chi connectivity index (χ1n) is 9.91. The van der Waals surface area contributed by atoms with E-state index >= 15 is 0 Å². The number of hydrogen-bond donors (Lipinski definition) is 1. The Kier molecular flexibility index (Phi) is 6.30. The van der Waals surface area contributed by atoms with Crippen molar-refractivity contribution in [2.75, 3.05) is 12.4 Å². The summed E-state index contributed by atoms with van der Waals surface area (Å²) in [5.41, 5.74) is 2.94. The molecule has 0 atom stereocenters. The molecule has 0 saturated heterocycles. The van der Waals surface area contributed by atoms with Crippen LogP contribution in [-0.2, 0) is 25.3 Å². The zero-order valence-corrected chi connectivity index (χ0v) is 19.5. The topological polar surface area (TPSA) is 65.3 Å². The van der Waals surface area contributed by atoms with Crippen molar-refractivity contribution in [3.63, 3.8) is 0 Å². The number of anilines is 1. The van der Waals surface area contributed by atoms with Crippen LogP contribution < -0.4 is 15.7 Å². The van der Waals surface area contributed by atoms with Gasteiger partial charge in [0.15, 0.2) is 0 Å². The molecule has 32 heavy (non-hydrogen) atoms. The van der Waals surface area contributed by atoms with E-state index in [1.807, 2.05) is 48.5 Å². The summed E-state index contributed by atoms with van der Waals surface area (Å²) in [6.45, 7) is 0. The molecule has 1 N–H and O–H groups in total. The molecule has 0 fully saturated rings. The molecule has 8 heteroatoms. The van der Waals surface area contributed by atoms with Gasteiger partial charge in [-0.2, -0.15) is 0 Å². The number of amides is 1. The third-order valence-corrected chi connectivity index (χ3v) is 6.53. The number of imidazole rings is 1. The molecular weight excluding hydrogens is 446 g/mol. The van der Waals surface area contributed by atoms with E-state index in [9.17, 15) is 9.59 Å². The van der Waals surface area contributed by atoms with Crippen molar-refractivity contribution in [1.29, 1.82) is 0 Å². The lowest BCUT2D eigenvalue weighted by atomic mass is 10.1. The van der Waals surface area contributed by atoms with E-state index in [0.717, 1.165) is 32.1 Å². The van der Waals surface area contributed by atoms with E-state index in [0.29, 0.717) is 10.7 Å². The van der Waals surface area contributed by atoms with Crippen molar-refractivity contribution in [2.45, 2.75) is 16.2 Å². The van der Waals surface area contributed by atoms with E-state index in [4.69, 9.17) is 16.3 Å². The summed E-state index contributed by atoms with van der Waals surface area (Å²) >= 11 is 7.45. The molecule has 1 amide bonds. The van der Waals surface area contributed by atoms with Crippen LogP contribution in [0.1, 0.15) is 5.56 Å². The molecule has 4 rings (SSSR count). The second-order valence-electron chi connectivity index (χ2n) is 7.37. The van der Waals surface area contributed by atoms with Gasteiger partial charge in [-0.15, -0.1) is 0 Å². The minimum Gasteiger partial charge on any atom is -0.497 e. The van der Waals surface area contributed by atoms with Gasteiger partial charge in [0.25, 0.3) is 0 Å². The van der Waals surface area contributed by atoms with Gasteiger partial charge >= 0.3 is 5.69 Å². The number of carbonyl (C=O) groups is 1. The van der Waals surface area contributed by atoms with Gasteiger partial charge in [-0.05, 0) is 54.1 Å². The van der Waals surface area contributed by atoms with Crippen LogP contribution in [0.25, 0.3) is 11.0 Å². The van der Waals surface area contributed by atoms with Crippen LogP contribution in [0.3, 0.4) is 0 Å². The Labute approximate surface area is 194 Å². The maximum Gasteiger partial charge on any atom is 0.328 e. The molecule has 3 aromatic carbocycles. The first kappa shape index (κ1) is 22.0. The standard InChI is InChI=1S/C24H22ClN3O3S/c1-27-20-13-19(26-23(29)12-15-4-6-16(25)7-5-15)22(14-21(20)28(2)24(27)30)32-18-10-8-17(31-3)9-11-18/h4-11,13-14H,12H2,1-3H3,(H,26,29). The molecule has 0 aliphatic heterocycles. The van der Waals surface area contributed by atoms with Gasteiger partial charge < -0.3 is 10.1 Å². The summed E-state index contributed by atoms with van der Waals surface area (Å²) in [7, 11) is 5.09. The van der Waals surface area contributed by atoms with Gasteiger partial charge in [-0.1, -0.05) is 35.5 Å². The molecule has 0 bridgehead atoms. The first-order chi connectivity index (χ1) is 15.4. The monoisotopic (exact) mass is 467 g/mol. The summed E-state index contributed by atoms with van der Waals surface area (Å²) in [5.74, 6) is 0.621. The molecule has 0 spiro atoms. The van der Waals surface area contributed by atoms with Gasteiger partial charge in [0.05, 0.1) is 30.3 Å². The van der Waals surface area contributed by atoms with Crippen molar-refractivity contribution in [3.05, 3.63) is 81.7 Å². The molecule has 164 valence electrons. The molecule has 0 saturated carbocycles. The average molecular weight is 468 g/mol. The highest BCUT2D eigenvalue weighted by Crippen LogP contribution is 2.37. The number of nitrogens with one attached hydrogen (secondary N) is 1. The largest absolute Gasteiger partial charge is 0.497 e. The number of nitrogens with zero attached hydrogens (tertiary/aromatic N) is 2. The van der Waals surface area contributed by atoms with Crippen LogP contribution in [0, 0.1) is 0 Å². The maximum absolute atomic E-state index is 12.8. The fourth-order valence-electron chi connectivity index (χ4n) is 3.46. The third kappa shape index (κ3) is 4.54. The number of hydrogen-bond acceptors (Lipinski definition) is 4. The van der Waals surface area contributed by atoms with E-state index in [-0.39, 0.29) is 18.0 Å². The molecule has 0 unspecified atom stereocenters. The summed E-state index contributed by atoms with van der Waals surface area (Å²) in [4.78, 5) is 27.1. The van der Waals surface area contributed by atoms with Crippen molar-refractivity contribution >= 4 is 46.0 Å². The first-order valence-corrected chi connectivity index (χ1v) is 11.1. The molecule has 1 aromatic heterocycles.